The highest BCUT2D eigenvalue weighted by Crippen LogP contribution is 2.18. The molecule has 0 aliphatic carbocycles. The van der Waals surface area contributed by atoms with Crippen molar-refractivity contribution in [3.8, 4) is 0 Å². The van der Waals surface area contributed by atoms with E-state index in [1.807, 2.05) is 6.92 Å². The molecule has 1 unspecified atom stereocenters. The van der Waals surface area contributed by atoms with Gasteiger partial charge in [-0.3, -0.25) is 9.59 Å². The number of carboxylic acid groups (broad SMARTS) is 2. The van der Waals surface area contributed by atoms with Crippen LogP contribution in [0.5, 0.6) is 0 Å². The molecule has 4 nitrogen and oxygen atoms in total. The van der Waals surface area contributed by atoms with Crippen LogP contribution in [0.2, 0.25) is 0 Å². The molecule has 0 radical (unpaired) electrons. The van der Waals surface area contributed by atoms with Crippen LogP contribution >= 0.6 is 0 Å². The van der Waals surface area contributed by atoms with Crippen molar-refractivity contribution in [2.75, 3.05) is 0 Å². The van der Waals surface area contributed by atoms with Crippen LogP contribution in [0.3, 0.4) is 0 Å². The third-order valence-corrected chi connectivity index (χ3v) is 3.29. The summed E-state index contributed by atoms with van der Waals surface area (Å²) in [5, 5.41) is 17.2. The molecule has 4 heteroatoms. The Morgan fingerprint density at radius 1 is 0.889 bits per heavy atom. The number of carboxylic acids is 2. The molecule has 0 spiro atoms. The zero-order valence-corrected chi connectivity index (χ0v) is 11.4. The highest BCUT2D eigenvalue weighted by atomic mass is 16.4. The minimum absolute atomic E-state index is 0.274. The highest BCUT2D eigenvalue weighted by molar-refractivity contribution is 5.67. The quantitative estimate of drug-likeness (QED) is 0.523. The first kappa shape index (κ1) is 16.9. The van der Waals surface area contributed by atoms with Crippen LogP contribution in [-0.4, -0.2) is 22.2 Å². The molecule has 18 heavy (non-hydrogen) atoms. The van der Waals surface area contributed by atoms with E-state index in [4.69, 9.17) is 10.2 Å². The van der Waals surface area contributed by atoms with Gasteiger partial charge in [-0.15, -0.1) is 0 Å². The Balaban J connectivity index is 3.33. The van der Waals surface area contributed by atoms with Crippen molar-refractivity contribution >= 4 is 11.9 Å². The van der Waals surface area contributed by atoms with Crippen molar-refractivity contribution in [2.45, 2.75) is 71.1 Å². The van der Waals surface area contributed by atoms with Gasteiger partial charge in [0.15, 0.2) is 0 Å². The van der Waals surface area contributed by atoms with Crippen molar-refractivity contribution in [1.29, 1.82) is 0 Å². The Labute approximate surface area is 109 Å². The summed E-state index contributed by atoms with van der Waals surface area (Å²) in [6.07, 6.45) is 8.68. The van der Waals surface area contributed by atoms with E-state index < -0.39 is 11.9 Å². The molecule has 2 N–H and O–H groups in total. The summed E-state index contributed by atoms with van der Waals surface area (Å²) >= 11 is 0. The number of hydrogen-bond acceptors (Lipinski definition) is 2. The lowest BCUT2D eigenvalue weighted by Gasteiger charge is -2.11. The fourth-order valence-electron chi connectivity index (χ4n) is 2.11. The van der Waals surface area contributed by atoms with E-state index in [0.29, 0.717) is 5.92 Å². The van der Waals surface area contributed by atoms with Crippen molar-refractivity contribution in [2.24, 2.45) is 5.92 Å². The fourth-order valence-corrected chi connectivity index (χ4v) is 2.11. The number of carbonyl (C=O) groups is 2. The summed E-state index contributed by atoms with van der Waals surface area (Å²) in [4.78, 5) is 20.9. The van der Waals surface area contributed by atoms with Crippen molar-refractivity contribution < 1.29 is 19.8 Å². The molecule has 0 rings (SSSR count). The molecule has 0 heterocycles. The molecule has 1 atom stereocenters. The van der Waals surface area contributed by atoms with Gasteiger partial charge in [-0.1, -0.05) is 45.4 Å². The second-order valence-corrected chi connectivity index (χ2v) is 4.93. The third kappa shape index (κ3) is 11.4. The summed E-state index contributed by atoms with van der Waals surface area (Å²) in [6, 6.07) is 0. The molecule has 0 aliphatic rings. The van der Waals surface area contributed by atoms with E-state index in [1.165, 1.54) is 0 Å². The maximum Gasteiger partial charge on any atom is 0.303 e. The monoisotopic (exact) mass is 258 g/mol. The molecular formula is C14H26O4. The van der Waals surface area contributed by atoms with E-state index in [1.54, 1.807) is 0 Å². The molecular weight excluding hydrogens is 232 g/mol. The lowest BCUT2D eigenvalue weighted by atomic mass is 9.95. The van der Waals surface area contributed by atoms with Gasteiger partial charge in [0.1, 0.15) is 0 Å². The minimum Gasteiger partial charge on any atom is -0.481 e. The van der Waals surface area contributed by atoms with Gasteiger partial charge in [0.25, 0.3) is 0 Å². The molecule has 0 amide bonds. The summed E-state index contributed by atoms with van der Waals surface area (Å²) in [6.45, 7) is 2.04. The molecule has 0 aromatic heterocycles. The van der Waals surface area contributed by atoms with E-state index in [-0.39, 0.29) is 12.8 Å². The maximum atomic E-state index is 10.6. The van der Waals surface area contributed by atoms with Crippen LogP contribution in [0.4, 0.5) is 0 Å². The van der Waals surface area contributed by atoms with Crippen molar-refractivity contribution in [3.63, 3.8) is 0 Å². The molecule has 0 aliphatic heterocycles. The standard InChI is InChI=1S/C14H26O4/c1-2-12(11-14(17)18)9-7-5-3-4-6-8-10-13(15)16/h12H,2-11H2,1H3,(H,15,16)(H,17,18). The lowest BCUT2D eigenvalue weighted by molar-refractivity contribution is -0.138. The maximum absolute atomic E-state index is 10.6. The van der Waals surface area contributed by atoms with Gasteiger partial charge in [0, 0.05) is 12.8 Å². The largest absolute Gasteiger partial charge is 0.481 e. The second-order valence-electron chi connectivity index (χ2n) is 4.93. The zero-order valence-electron chi connectivity index (χ0n) is 11.4. The predicted molar refractivity (Wildman–Crippen MR) is 70.6 cm³/mol. The number of unbranched alkanes of at least 4 members (excludes halogenated alkanes) is 5. The van der Waals surface area contributed by atoms with Crippen LogP contribution in [-0.2, 0) is 9.59 Å². The van der Waals surface area contributed by atoms with E-state index >= 15 is 0 Å². The van der Waals surface area contributed by atoms with E-state index in [2.05, 4.69) is 0 Å². The summed E-state index contributed by atoms with van der Waals surface area (Å²) < 4.78 is 0. The first-order chi connectivity index (χ1) is 8.56. The molecule has 106 valence electrons. The molecule has 0 saturated carbocycles. The molecule has 0 bridgehead atoms. The van der Waals surface area contributed by atoms with Gasteiger partial charge in [-0.05, 0) is 18.8 Å². The first-order valence-corrected chi connectivity index (χ1v) is 6.99. The molecule has 0 aromatic rings. The van der Waals surface area contributed by atoms with Gasteiger partial charge >= 0.3 is 11.9 Å². The zero-order chi connectivity index (χ0) is 13.8. The third-order valence-electron chi connectivity index (χ3n) is 3.29. The van der Waals surface area contributed by atoms with Crippen molar-refractivity contribution in [1.82, 2.24) is 0 Å². The van der Waals surface area contributed by atoms with E-state index in [9.17, 15) is 9.59 Å². The Morgan fingerprint density at radius 3 is 1.94 bits per heavy atom. The van der Waals surface area contributed by atoms with Crippen LogP contribution < -0.4 is 0 Å². The first-order valence-electron chi connectivity index (χ1n) is 6.99. The smallest absolute Gasteiger partial charge is 0.303 e. The topological polar surface area (TPSA) is 74.6 Å². The Morgan fingerprint density at radius 2 is 1.44 bits per heavy atom. The van der Waals surface area contributed by atoms with Crippen molar-refractivity contribution in [3.05, 3.63) is 0 Å². The van der Waals surface area contributed by atoms with Crippen LogP contribution in [0.15, 0.2) is 0 Å². The van der Waals surface area contributed by atoms with Crippen LogP contribution in [0.25, 0.3) is 0 Å². The summed E-state index contributed by atoms with van der Waals surface area (Å²) in [7, 11) is 0. The van der Waals surface area contributed by atoms with Gasteiger partial charge in [-0.25, -0.2) is 0 Å². The van der Waals surface area contributed by atoms with Gasteiger partial charge < -0.3 is 10.2 Å². The normalized spacial score (nSPS) is 12.3. The SMILES string of the molecule is CCC(CCCCCCCCC(=O)O)CC(=O)O. The van der Waals surface area contributed by atoms with Gasteiger partial charge in [-0.2, -0.15) is 0 Å². The second kappa shape index (κ2) is 11.1. The number of rotatable bonds is 12. The number of hydrogen-bond donors (Lipinski definition) is 2. The number of aliphatic carboxylic acids is 2. The Bertz CT molecular complexity index is 238. The van der Waals surface area contributed by atoms with Crippen LogP contribution in [0, 0.1) is 5.92 Å². The molecule has 0 aromatic carbocycles. The van der Waals surface area contributed by atoms with E-state index in [0.717, 1.165) is 51.4 Å². The predicted octanol–water partition coefficient (Wildman–Crippen LogP) is 3.69. The summed E-state index contributed by atoms with van der Waals surface area (Å²) in [5.74, 6) is -1.10. The average Bonchev–Trinajstić information content (AvgIpc) is 2.30. The van der Waals surface area contributed by atoms with Crippen LogP contribution in [0.1, 0.15) is 71.1 Å². The Kier molecular flexibility index (Phi) is 10.4. The van der Waals surface area contributed by atoms with Gasteiger partial charge in [0.05, 0.1) is 0 Å². The van der Waals surface area contributed by atoms with Gasteiger partial charge in [0.2, 0.25) is 0 Å². The fraction of sp³-hybridized carbons (Fsp3) is 0.857. The molecule has 0 fully saturated rings. The lowest BCUT2D eigenvalue weighted by Crippen LogP contribution is -2.06. The summed E-state index contributed by atoms with van der Waals surface area (Å²) in [5.41, 5.74) is 0. The average molecular weight is 258 g/mol. The Hall–Kier alpha value is -1.06. The molecule has 0 saturated heterocycles. The highest BCUT2D eigenvalue weighted by Gasteiger charge is 2.10. The minimum atomic E-state index is -0.713.